The van der Waals surface area contributed by atoms with E-state index in [0.717, 1.165) is 44.3 Å². The molecule has 0 aromatic rings. The van der Waals surface area contributed by atoms with Crippen LogP contribution in [-0.4, -0.2) is 21.2 Å². The third kappa shape index (κ3) is 2.08. The monoisotopic (exact) mass is 266 g/mol. The number of fused-ring (bicyclic) bond motifs is 1. The summed E-state index contributed by atoms with van der Waals surface area (Å²) in [5.41, 5.74) is 0.740. The lowest BCUT2D eigenvalue weighted by molar-refractivity contribution is -0.0808. The van der Waals surface area contributed by atoms with Crippen LogP contribution in [0.4, 0.5) is 0 Å². The minimum absolute atomic E-state index is 0.0181. The maximum atomic E-state index is 11.4. The van der Waals surface area contributed by atoms with Gasteiger partial charge in [-0.15, -0.1) is 6.58 Å². The molecule has 0 unspecified atom stereocenters. The molecule has 0 bridgehead atoms. The predicted molar refractivity (Wildman–Crippen MR) is 81.0 cm³/mol. The Morgan fingerprint density at radius 3 is 2.89 bits per heavy atom. The van der Waals surface area contributed by atoms with Crippen LogP contribution in [0.2, 0.25) is 0 Å². The smallest absolute Gasteiger partial charge is 0.0861 e. The van der Waals surface area contributed by atoms with Gasteiger partial charge in [-0.05, 0) is 37.9 Å². The summed E-state index contributed by atoms with van der Waals surface area (Å²) in [6, 6.07) is 0. The van der Waals surface area contributed by atoms with Crippen molar-refractivity contribution < 1.29 is 5.11 Å². The molecule has 2 aliphatic carbocycles. The average molecular weight is 266 g/mol. The van der Waals surface area contributed by atoms with E-state index in [0.29, 0.717) is 5.92 Å². The molecule has 0 radical (unpaired) electrons. The van der Waals surface area contributed by atoms with E-state index in [1.54, 1.807) is 0 Å². The second-order valence-corrected chi connectivity index (χ2v) is 7.45. The summed E-state index contributed by atoms with van der Waals surface area (Å²) in [7, 11) is 0. The largest absolute Gasteiger partial charge is 0.388 e. The quantitative estimate of drug-likeness (QED) is 0.764. The van der Waals surface area contributed by atoms with E-state index in [4.69, 9.17) is 0 Å². The Labute approximate surface area is 116 Å². The lowest BCUT2D eigenvalue weighted by Gasteiger charge is -2.57. The first kappa shape index (κ1) is 14.2. The molecular formula is C16H26OS. The Hall–Kier alpha value is -0.210. The van der Waals surface area contributed by atoms with E-state index in [-0.39, 0.29) is 4.75 Å². The van der Waals surface area contributed by atoms with Crippen LogP contribution in [0.1, 0.15) is 51.9 Å². The fourth-order valence-corrected chi connectivity index (χ4v) is 5.57. The summed E-state index contributed by atoms with van der Waals surface area (Å²) in [5, 5.41) is 11.4. The maximum Gasteiger partial charge on any atom is 0.0861 e. The highest BCUT2D eigenvalue weighted by atomic mass is 32.2. The van der Waals surface area contributed by atoms with Gasteiger partial charge in [-0.3, -0.25) is 0 Å². The van der Waals surface area contributed by atoms with Crippen molar-refractivity contribution >= 4 is 11.8 Å². The first-order valence-electron chi connectivity index (χ1n) is 7.24. The molecule has 0 amide bonds. The van der Waals surface area contributed by atoms with Gasteiger partial charge in [0.2, 0.25) is 0 Å². The Kier molecular flexibility index (Phi) is 4.28. The molecule has 0 saturated heterocycles. The molecular weight excluding hydrogens is 240 g/mol. The Balaban J connectivity index is 2.37. The van der Waals surface area contributed by atoms with Crippen molar-refractivity contribution in [3.8, 4) is 0 Å². The van der Waals surface area contributed by atoms with Crippen LogP contribution in [0.25, 0.3) is 0 Å². The van der Waals surface area contributed by atoms with Crippen LogP contribution in [0.3, 0.4) is 0 Å². The van der Waals surface area contributed by atoms with Crippen molar-refractivity contribution in [3.05, 3.63) is 24.8 Å². The molecule has 0 aromatic carbocycles. The van der Waals surface area contributed by atoms with Gasteiger partial charge < -0.3 is 5.11 Å². The lowest BCUT2D eigenvalue weighted by Crippen LogP contribution is -2.60. The summed E-state index contributed by atoms with van der Waals surface area (Å²) >= 11 is 1.95. The molecule has 2 aliphatic rings. The zero-order chi connectivity index (χ0) is 13.2. The minimum atomic E-state index is -0.546. The van der Waals surface area contributed by atoms with Gasteiger partial charge in [0.05, 0.1) is 5.60 Å². The van der Waals surface area contributed by atoms with Gasteiger partial charge in [0.15, 0.2) is 0 Å². The van der Waals surface area contributed by atoms with E-state index < -0.39 is 5.60 Å². The standard InChI is InChI=1S/C16H26OS/c1-4-10-15(18-5-2)12-9-13(3)14-8-6-7-11-16(14,15)17/h4,14,17H,1,3,5-12H2,2H3/t14-,15-,16-/m0/s1. The van der Waals surface area contributed by atoms with E-state index in [2.05, 4.69) is 20.1 Å². The zero-order valence-electron chi connectivity index (χ0n) is 11.6. The summed E-state index contributed by atoms with van der Waals surface area (Å²) in [6.45, 7) is 10.4. The summed E-state index contributed by atoms with van der Waals surface area (Å²) in [4.78, 5) is 0. The van der Waals surface area contributed by atoms with Gasteiger partial charge in [-0.25, -0.2) is 0 Å². The number of hydrogen-bond acceptors (Lipinski definition) is 2. The summed E-state index contributed by atoms with van der Waals surface area (Å²) in [6.07, 6.45) is 9.52. The van der Waals surface area contributed by atoms with Crippen molar-refractivity contribution in [3.63, 3.8) is 0 Å². The molecule has 1 nitrogen and oxygen atoms in total. The fourth-order valence-electron chi connectivity index (χ4n) is 4.04. The minimum Gasteiger partial charge on any atom is -0.388 e. The van der Waals surface area contributed by atoms with Crippen molar-refractivity contribution in [2.24, 2.45) is 5.92 Å². The number of rotatable bonds is 4. The van der Waals surface area contributed by atoms with Crippen LogP contribution in [0.15, 0.2) is 24.8 Å². The van der Waals surface area contributed by atoms with E-state index in [9.17, 15) is 5.11 Å². The highest BCUT2D eigenvalue weighted by molar-refractivity contribution is 8.00. The van der Waals surface area contributed by atoms with Crippen LogP contribution in [0, 0.1) is 5.92 Å². The van der Waals surface area contributed by atoms with E-state index in [1.165, 1.54) is 12.0 Å². The van der Waals surface area contributed by atoms with Gasteiger partial charge in [-0.2, -0.15) is 11.8 Å². The Morgan fingerprint density at radius 2 is 2.22 bits per heavy atom. The third-order valence-corrected chi connectivity index (χ3v) is 6.47. The van der Waals surface area contributed by atoms with Crippen LogP contribution >= 0.6 is 11.8 Å². The first-order valence-corrected chi connectivity index (χ1v) is 8.23. The van der Waals surface area contributed by atoms with Crippen molar-refractivity contribution in [1.82, 2.24) is 0 Å². The molecule has 2 fully saturated rings. The number of allylic oxidation sites excluding steroid dienone is 1. The number of thioether (sulfide) groups is 1. The highest BCUT2D eigenvalue weighted by Gasteiger charge is 2.57. The SMILES string of the molecule is C=CC[C@]1(SCC)CCC(=C)[C@@H]2CCCC[C@]21O. The van der Waals surface area contributed by atoms with Gasteiger partial charge in [0, 0.05) is 10.7 Å². The molecule has 1 N–H and O–H groups in total. The molecule has 0 aliphatic heterocycles. The third-order valence-electron chi connectivity index (χ3n) is 4.90. The first-order chi connectivity index (χ1) is 8.59. The van der Waals surface area contributed by atoms with E-state index in [1.807, 2.05) is 17.8 Å². The average Bonchev–Trinajstić information content (AvgIpc) is 2.35. The van der Waals surface area contributed by atoms with Gasteiger partial charge in [-0.1, -0.05) is 38.0 Å². The van der Waals surface area contributed by atoms with Crippen LogP contribution in [-0.2, 0) is 0 Å². The normalized spacial score (nSPS) is 40.3. The van der Waals surface area contributed by atoms with E-state index >= 15 is 0 Å². The molecule has 3 atom stereocenters. The summed E-state index contributed by atoms with van der Waals surface area (Å²) < 4.78 is -0.0181. The number of aliphatic hydroxyl groups is 1. The van der Waals surface area contributed by atoms with Crippen molar-refractivity contribution in [2.75, 3.05) is 5.75 Å². The zero-order valence-corrected chi connectivity index (χ0v) is 12.4. The van der Waals surface area contributed by atoms with Crippen LogP contribution in [0.5, 0.6) is 0 Å². The second-order valence-electron chi connectivity index (χ2n) is 5.80. The Morgan fingerprint density at radius 1 is 1.44 bits per heavy atom. The molecule has 0 aromatic heterocycles. The molecule has 0 spiro atoms. The molecule has 2 heteroatoms. The Bertz CT molecular complexity index is 336. The maximum absolute atomic E-state index is 11.4. The van der Waals surface area contributed by atoms with Crippen molar-refractivity contribution in [2.45, 2.75) is 62.2 Å². The molecule has 18 heavy (non-hydrogen) atoms. The van der Waals surface area contributed by atoms with Crippen LogP contribution < -0.4 is 0 Å². The molecule has 2 rings (SSSR count). The van der Waals surface area contributed by atoms with Crippen molar-refractivity contribution in [1.29, 1.82) is 0 Å². The van der Waals surface area contributed by atoms with Gasteiger partial charge >= 0.3 is 0 Å². The number of hydrogen-bond donors (Lipinski definition) is 1. The molecule has 0 heterocycles. The second kappa shape index (κ2) is 5.42. The van der Waals surface area contributed by atoms with Gasteiger partial charge in [0.25, 0.3) is 0 Å². The lowest BCUT2D eigenvalue weighted by atomic mass is 9.59. The summed E-state index contributed by atoms with van der Waals surface area (Å²) in [5.74, 6) is 1.38. The van der Waals surface area contributed by atoms with Gasteiger partial charge in [0.1, 0.15) is 0 Å². The topological polar surface area (TPSA) is 20.2 Å². The molecule has 102 valence electrons. The molecule has 2 saturated carbocycles. The highest BCUT2D eigenvalue weighted by Crippen LogP contribution is 2.57. The fraction of sp³-hybridized carbons (Fsp3) is 0.750. The predicted octanol–water partition coefficient (Wildman–Crippen LogP) is 4.33.